The van der Waals surface area contributed by atoms with Crippen molar-refractivity contribution in [2.75, 3.05) is 54.6 Å². The van der Waals surface area contributed by atoms with Gasteiger partial charge in [-0.25, -0.2) is 4.79 Å². The molecule has 2 unspecified atom stereocenters. The fourth-order valence-electron chi connectivity index (χ4n) is 3.39. The van der Waals surface area contributed by atoms with E-state index in [0.717, 1.165) is 19.3 Å². The zero-order valence-corrected chi connectivity index (χ0v) is 22.7. The Bertz CT molecular complexity index is 525. The fourth-order valence-corrected chi connectivity index (χ4v) is 4.17. The molecule has 2 atom stereocenters. The van der Waals surface area contributed by atoms with E-state index in [4.69, 9.17) is 13.8 Å². The van der Waals surface area contributed by atoms with Gasteiger partial charge in [-0.2, -0.15) is 0 Å². The number of likely N-dealkylation sites (N-methyl/N-ethyl adjacent to an activating group) is 1. The predicted octanol–water partition coefficient (Wildman–Crippen LogP) is 5.68. The second-order valence-corrected chi connectivity index (χ2v) is 11.3. The van der Waals surface area contributed by atoms with Gasteiger partial charge in [0, 0.05) is 5.92 Å². The third-order valence-electron chi connectivity index (χ3n) is 5.55. The van der Waals surface area contributed by atoms with E-state index in [9.17, 15) is 14.3 Å². The predicted molar refractivity (Wildman–Crippen MR) is 130 cm³/mol. The molecule has 0 saturated heterocycles. The van der Waals surface area contributed by atoms with Crippen LogP contribution in [-0.2, 0) is 23.1 Å². The van der Waals surface area contributed by atoms with Crippen LogP contribution < -0.4 is 4.89 Å². The van der Waals surface area contributed by atoms with Crippen LogP contribution >= 0.6 is 7.82 Å². The molecule has 0 bridgehead atoms. The van der Waals surface area contributed by atoms with Crippen molar-refractivity contribution in [2.24, 2.45) is 5.92 Å². The van der Waals surface area contributed by atoms with Crippen LogP contribution in [0.4, 0.5) is 4.79 Å². The molecule has 0 aromatic carbocycles. The zero-order chi connectivity index (χ0) is 25.0. The molecule has 0 radical (unpaired) electrons. The lowest BCUT2D eigenvalue weighted by Crippen LogP contribution is -2.37. The molecule has 0 aromatic rings. The molecular weight excluding hydrogens is 445 g/mol. The van der Waals surface area contributed by atoms with Crippen LogP contribution in [-0.4, -0.2) is 65.3 Å². The third-order valence-corrected chi connectivity index (χ3v) is 6.51. The highest BCUT2D eigenvalue weighted by Gasteiger charge is 2.18. The Labute approximate surface area is 202 Å². The number of phosphoric ester groups is 1. The maximum atomic E-state index is 12.0. The molecule has 0 N–H and O–H groups in total. The summed E-state index contributed by atoms with van der Waals surface area (Å²) in [6.45, 7) is 2.84. The van der Waals surface area contributed by atoms with E-state index in [-0.39, 0.29) is 25.7 Å². The van der Waals surface area contributed by atoms with Crippen LogP contribution in [0.25, 0.3) is 0 Å². The van der Waals surface area contributed by atoms with Gasteiger partial charge >= 0.3 is 6.16 Å². The second-order valence-electron chi connectivity index (χ2n) is 9.90. The first kappa shape index (κ1) is 32.3. The summed E-state index contributed by atoms with van der Waals surface area (Å²) in [6, 6.07) is 0. The monoisotopic (exact) mass is 495 g/mol. The molecule has 0 saturated carbocycles. The SMILES string of the molecule is CCCCCCCCCCCCCCC(COC(=O)OC)COP(=O)([O-])OCC[N+](C)(C)C. The normalized spacial score (nSPS) is 14.6. The minimum Gasteiger partial charge on any atom is -0.756 e. The molecule has 0 heterocycles. The third kappa shape index (κ3) is 22.9. The van der Waals surface area contributed by atoms with Gasteiger partial charge in [0.15, 0.2) is 0 Å². The molecule has 0 rings (SSSR count). The number of unbranched alkanes of at least 4 members (excludes halogenated alkanes) is 11. The highest BCUT2D eigenvalue weighted by Crippen LogP contribution is 2.39. The van der Waals surface area contributed by atoms with Crippen LogP contribution in [0.3, 0.4) is 0 Å². The number of methoxy groups -OCH3 is 1. The number of carbonyl (C=O) groups excluding carboxylic acids is 1. The van der Waals surface area contributed by atoms with Crippen molar-refractivity contribution < 1.29 is 37.3 Å². The molecule has 33 heavy (non-hydrogen) atoms. The topological polar surface area (TPSA) is 94.1 Å². The number of nitrogens with zero attached hydrogens (tertiary/aromatic N) is 1. The van der Waals surface area contributed by atoms with E-state index >= 15 is 0 Å². The Hall–Kier alpha value is -0.660. The average molecular weight is 496 g/mol. The number of hydrogen-bond acceptors (Lipinski definition) is 7. The van der Waals surface area contributed by atoms with E-state index in [1.54, 1.807) is 0 Å². The summed E-state index contributed by atoms with van der Waals surface area (Å²) in [5.41, 5.74) is 0. The summed E-state index contributed by atoms with van der Waals surface area (Å²) in [5, 5.41) is 0. The number of rotatable bonds is 22. The molecule has 0 aromatic heterocycles. The maximum absolute atomic E-state index is 12.0. The summed E-state index contributed by atoms with van der Waals surface area (Å²) < 4.78 is 32.2. The zero-order valence-electron chi connectivity index (χ0n) is 21.9. The van der Waals surface area contributed by atoms with Gasteiger partial charge in [-0.1, -0.05) is 84.0 Å². The van der Waals surface area contributed by atoms with E-state index in [2.05, 4.69) is 11.7 Å². The largest absolute Gasteiger partial charge is 0.756 e. The van der Waals surface area contributed by atoms with Crippen LogP contribution in [0.1, 0.15) is 90.4 Å². The van der Waals surface area contributed by atoms with Crippen LogP contribution in [0.5, 0.6) is 0 Å². The molecule has 0 amide bonds. The highest BCUT2D eigenvalue weighted by atomic mass is 31.2. The summed E-state index contributed by atoms with van der Waals surface area (Å²) >= 11 is 0. The van der Waals surface area contributed by atoms with Gasteiger partial charge < -0.3 is 27.9 Å². The molecule has 0 aliphatic rings. The summed E-state index contributed by atoms with van der Waals surface area (Å²) in [5.74, 6) is -0.225. The number of phosphoric acid groups is 1. The van der Waals surface area contributed by atoms with Crippen LogP contribution in [0, 0.1) is 5.92 Å². The first-order valence-electron chi connectivity index (χ1n) is 12.7. The molecule has 0 aliphatic carbocycles. The minimum atomic E-state index is -4.39. The van der Waals surface area contributed by atoms with Crippen LogP contribution in [0.2, 0.25) is 0 Å². The van der Waals surface area contributed by atoms with E-state index in [0.29, 0.717) is 17.4 Å². The smallest absolute Gasteiger partial charge is 0.507 e. The molecule has 0 spiro atoms. The highest BCUT2D eigenvalue weighted by molar-refractivity contribution is 7.45. The lowest BCUT2D eigenvalue weighted by atomic mass is 10.0. The number of ether oxygens (including phenoxy) is 2. The minimum absolute atomic E-state index is 0.0591. The Morgan fingerprint density at radius 1 is 0.848 bits per heavy atom. The van der Waals surface area contributed by atoms with Crippen molar-refractivity contribution in [1.29, 1.82) is 0 Å². The van der Waals surface area contributed by atoms with E-state index in [1.165, 1.54) is 64.9 Å². The summed E-state index contributed by atoms with van der Waals surface area (Å²) in [7, 11) is 2.71. The molecule has 0 fully saturated rings. The lowest BCUT2D eigenvalue weighted by Gasteiger charge is -2.28. The Balaban J connectivity index is 4.11. The van der Waals surface area contributed by atoms with Gasteiger partial charge in [0.2, 0.25) is 0 Å². The van der Waals surface area contributed by atoms with Crippen molar-refractivity contribution >= 4 is 14.0 Å². The Morgan fingerprint density at radius 2 is 1.36 bits per heavy atom. The number of hydrogen-bond donors (Lipinski definition) is 0. The van der Waals surface area contributed by atoms with Crippen molar-refractivity contribution in [2.45, 2.75) is 90.4 Å². The molecule has 9 heteroatoms. The fraction of sp³-hybridized carbons (Fsp3) is 0.958. The quantitative estimate of drug-likeness (QED) is 0.0825. The van der Waals surface area contributed by atoms with Gasteiger partial charge in [0.25, 0.3) is 7.82 Å². The van der Waals surface area contributed by atoms with Gasteiger partial charge in [-0.3, -0.25) is 4.57 Å². The standard InChI is InChI=1S/C24H50NO7P/c1-6-7-8-9-10-11-12-13-14-15-16-17-18-23(21-30-24(26)29-5)22-32-33(27,28)31-20-19-25(2,3)4/h23H,6-22H2,1-5H3. The Morgan fingerprint density at radius 3 is 1.85 bits per heavy atom. The maximum Gasteiger partial charge on any atom is 0.507 e. The second kappa shape index (κ2) is 19.6. The van der Waals surface area contributed by atoms with Crippen molar-refractivity contribution in [3.8, 4) is 0 Å². The summed E-state index contributed by atoms with van der Waals surface area (Å²) in [4.78, 5) is 23.3. The van der Waals surface area contributed by atoms with E-state index in [1.807, 2.05) is 21.1 Å². The number of carbonyl (C=O) groups is 1. The van der Waals surface area contributed by atoms with E-state index < -0.39 is 14.0 Å². The molecule has 8 nitrogen and oxygen atoms in total. The van der Waals surface area contributed by atoms with Crippen LogP contribution in [0.15, 0.2) is 0 Å². The molecular formula is C24H50NO7P. The molecule has 198 valence electrons. The van der Waals surface area contributed by atoms with Gasteiger partial charge in [0.1, 0.15) is 13.2 Å². The summed E-state index contributed by atoms with van der Waals surface area (Å²) in [6.07, 6.45) is 15.0. The van der Waals surface area contributed by atoms with Gasteiger partial charge in [-0.15, -0.1) is 0 Å². The number of quaternary nitrogens is 1. The Kier molecular flexibility index (Phi) is 19.2. The average Bonchev–Trinajstić information content (AvgIpc) is 2.74. The molecule has 0 aliphatic heterocycles. The van der Waals surface area contributed by atoms with Crippen molar-refractivity contribution in [1.82, 2.24) is 0 Å². The van der Waals surface area contributed by atoms with Crippen molar-refractivity contribution in [3.63, 3.8) is 0 Å². The lowest BCUT2D eigenvalue weighted by molar-refractivity contribution is -0.870. The van der Waals surface area contributed by atoms with Crippen molar-refractivity contribution in [3.05, 3.63) is 0 Å². The van der Waals surface area contributed by atoms with Gasteiger partial charge in [-0.05, 0) is 6.42 Å². The van der Waals surface area contributed by atoms with Gasteiger partial charge in [0.05, 0.1) is 41.5 Å². The first-order valence-corrected chi connectivity index (χ1v) is 14.2. The first-order chi connectivity index (χ1) is 15.6.